The molecule has 2 rings (SSSR count). The molecule has 0 spiro atoms. The lowest BCUT2D eigenvalue weighted by Gasteiger charge is -2.14. The van der Waals surface area contributed by atoms with Gasteiger partial charge < -0.3 is 10.6 Å². The topological polar surface area (TPSA) is 84.3 Å². The van der Waals surface area contributed by atoms with Crippen molar-refractivity contribution in [3.05, 3.63) is 39.9 Å². The molecule has 1 aromatic carbocycles. The number of nitro benzene ring substituents is 1. The van der Waals surface area contributed by atoms with Gasteiger partial charge in [0.1, 0.15) is 0 Å². The predicted octanol–water partition coefficient (Wildman–Crippen LogP) is 1.91. The molecule has 1 aromatic rings. The van der Waals surface area contributed by atoms with E-state index in [1.165, 1.54) is 6.07 Å². The Labute approximate surface area is 117 Å². The summed E-state index contributed by atoms with van der Waals surface area (Å²) in [7, 11) is 0. The molecule has 0 bridgehead atoms. The van der Waals surface area contributed by atoms with E-state index in [1.54, 1.807) is 18.2 Å². The third-order valence-corrected chi connectivity index (χ3v) is 3.35. The Morgan fingerprint density at radius 2 is 2.15 bits per heavy atom. The number of hydrogen-bond acceptors (Lipinski definition) is 4. The van der Waals surface area contributed by atoms with Crippen LogP contribution in [0.1, 0.15) is 37.8 Å². The Balaban J connectivity index is 1.83. The first-order valence-electron chi connectivity index (χ1n) is 6.84. The molecule has 1 aliphatic rings. The van der Waals surface area contributed by atoms with Gasteiger partial charge in [-0.15, -0.1) is 0 Å². The highest BCUT2D eigenvalue weighted by Gasteiger charge is 2.23. The van der Waals surface area contributed by atoms with E-state index in [9.17, 15) is 14.9 Å². The summed E-state index contributed by atoms with van der Waals surface area (Å²) in [6, 6.07) is 6.87. The number of nitrogens with one attached hydrogen (secondary N) is 2. The second-order valence-electron chi connectivity index (χ2n) is 5.08. The van der Waals surface area contributed by atoms with E-state index in [4.69, 9.17) is 0 Å². The summed E-state index contributed by atoms with van der Waals surface area (Å²) in [6.45, 7) is 2.37. The number of carbonyl (C=O) groups excluding carboxylic acids is 1. The molecule has 0 aliphatic heterocycles. The molecule has 6 heteroatoms. The molecule has 1 saturated carbocycles. The van der Waals surface area contributed by atoms with E-state index in [0.717, 1.165) is 12.8 Å². The minimum absolute atomic E-state index is 0.0368. The average molecular weight is 277 g/mol. The number of nitrogens with zero attached hydrogens (tertiary/aromatic N) is 1. The van der Waals surface area contributed by atoms with Crippen LogP contribution in [0, 0.1) is 10.1 Å². The van der Waals surface area contributed by atoms with Crippen LogP contribution in [0.5, 0.6) is 0 Å². The van der Waals surface area contributed by atoms with Gasteiger partial charge in [-0.2, -0.15) is 0 Å². The molecule has 20 heavy (non-hydrogen) atoms. The Hall–Kier alpha value is -1.95. The van der Waals surface area contributed by atoms with Crippen molar-refractivity contribution in [2.75, 3.05) is 6.54 Å². The lowest BCUT2D eigenvalue weighted by molar-refractivity contribution is -0.385. The third-order valence-electron chi connectivity index (χ3n) is 3.35. The largest absolute Gasteiger partial charge is 0.353 e. The third kappa shape index (κ3) is 4.03. The molecule has 1 aliphatic carbocycles. The molecule has 1 unspecified atom stereocenters. The van der Waals surface area contributed by atoms with Crippen molar-refractivity contribution in [2.24, 2.45) is 0 Å². The molecule has 2 N–H and O–H groups in total. The van der Waals surface area contributed by atoms with E-state index < -0.39 is 0 Å². The normalized spacial score (nSPS) is 15.7. The lowest BCUT2D eigenvalue weighted by Crippen LogP contribution is -2.30. The first-order valence-corrected chi connectivity index (χ1v) is 6.84. The summed E-state index contributed by atoms with van der Waals surface area (Å²) >= 11 is 0. The Bertz CT molecular complexity index is 500. The fraction of sp³-hybridized carbons (Fsp3) is 0.500. The van der Waals surface area contributed by atoms with Crippen LogP contribution in [0.4, 0.5) is 5.69 Å². The monoisotopic (exact) mass is 277 g/mol. The summed E-state index contributed by atoms with van der Waals surface area (Å²) in [6.07, 6.45) is 2.54. The zero-order valence-corrected chi connectivity index (χ0v) is 11.5. The molecule has 0 heterocycles. The molecule has 0 saturated heterocycles. The first kappa shape index (κ1) is 14.5. The van der Waals surface area contributed by atoms with Crippen molar-refractivity contribution in [2.45, 2.75) is 38.3 Å². The maximum absolute atomic E-state index is 11.5. The molecular weight excluding hydrogens is 258 g/mol. The van der Waals surface area contributed by atoms with Crippen LogP contribution in [0.2, 0.25) is 0 Å². The quantitative estimate of drug-likeness (QED) is 0.589. The zero-order valence-electron chi connectivity index (χ0n) is 11.5. The van der Waals surface area contributed by atoms with Gasteiger partial charge in [-0.05, 0) is 19.8 Å². The standard InChI is InChI=1S/C14H19N3O3/c1-10(12-4-2-3-5-13(12)17(19)20)15-9-8-14(18)16-11-6-7-11/h2-5,10-11,15H,6-9H2,1H3,(H,16,18). The van der Waals surface area contributed by atoms with E-state index >= 15 is 0 Å². The van der Waals surface area contributed by atoms with Crippen molar-refractivity contribution in [3.63, 3.8) is 0 Å². The van der Waals surface area contributed by atoms with Crippen molar-refractivity contribution >= 4 is 11.6 Å². The van der Waals surface area contributed by atoms with Gasteiger partial charge in [0, 0.05) is 36.7 Å². The summed E-state index contributed by atoms with van der Waals surface area (Å²) in [5.74, 6) is 0.0368. The van der Waals surface area contributed by atoms with E-state index in [-0.39, 0.29) is 22.6 Å². The lowest BCUT2D eigenvalue weighted by atomic mass is 10.1. The SMILES string of the molecule is CC(NCCC(=O)NC1CC1)c1ccccc1[N+](=O)[O-]. The molecule has 1 amide bonds. The van der Waals surface area contributed by atoms with Gasteiger partial charge in [0.15, 0.2) is 0 Å². The van der Waals surface area contributed by atoms with Gasteiger partial charge in [0.25, 0.3) is 5.69 Å². The highest BCUT2D eigenvalue weighted by Crippen LogP contribution is 2.24. The Morgan fingerprint density at radius 3 is 2.80 bits per heavy atom. The van der Waals surface area contributed by atoms with Crippen LogP contribution in [-0.2, 0) is 4.79 Å². The molecule has 1 fully saturated rings. The minimum Gasteiger partial charge on any atom is -0.353 e. The van der Waals surface area contributed by atoms with Crippen molar-refractivity contribution in [3.8, 4) is 0 Å². The second kappa shape index (κ2) is 6.47. The van der Waals surface area contributed by atoms with Crippen LogP contribution in [0.3, 0.4) is 0 Å². The van der Waals surface area contributed by atoms with Gasteiger partial charge in [0.05, 0.1) is 4.92 Å². The van der Waals surface area contributed by atoms with Crippen LogP contribution < -0.4 is 10.6 Å². The number of nitro groups is 1. The average Bonchev–Trinajstić information content (AvgIpc) is 3.22. The van der Waals surface area contributed by atoms with Gasteiger partial charge in [-0.25, -0.2) is 0 Å². The summed E-state index contributed by atoms with van der Waals surface area (Å²) in [4.78, 5) is 22.1. The predicted molar refractivity (Wildman–Crippen MR) is 75.3 cm³/mol. The molecule has 0 radical (unpaired) electrons. The van der Waals surface area contributed by atoms with Gasteiger partial charge in [0.2, 0.25) is 5.91 Å². The van der Waals surface area contributed by atoms with E-state index in [1.807, 2.05) is 6.92 Å². The summed E-state index contributed by atoms with van der Waals surface area (Å²) in [5, 5.41) is 17.0. The van der Waals surface area contributed by atoms with Crippen LogP contribution in [0.25, 0.3) is 0 Å². The van der Waals surface area contributed by atoms with Gasteiger partial charge in [-0.3, -0.25) is 14.9 Å². The summed E-state index contributed by atoms with van der Waals surface area (Å²) in [5.41, 5.74) is 0.745. The Morgan fingerprint density at radius 1 is 1.45 bits per heavy atom. The number of carbonyl (C=O) groups is 1. The van der Waals surface area contributed by atoms with Gasteiger partial charge in [-0.1, -0.05) is 18.2 Å². The molecular formula is C14H19N3O3. The fourth-order valence-electron chi connectivity index (χ4n) is 2.06. The maximum Gasteiger partial charge on any atom is 0.274 e. The zero-order chi connectivity index (χ0) is 14.5. The van der Waals surface area contributed by atoms with Gasteiger partial charge >= 0.3 is 0 Å². The van der Waals surface area contributed by atoms with Crippen LogP contribution >= 0.6 is 0 Å². The van der Waals surface area contributed by atoms with E-state index in [2.05, 4.69) is 10.6 Å². The highest BCUT2D eigenvalue weighted by molar-refractivity contribution is 5.76. The summed E-state index contributed by atoms with van der Waals surface area (Å²) < 4.78 is 0. The van der Waals surface area contributed by atoms with Crippen molar-refractivity contribution in [1.29, 1.82) is 0 Å². The molecule has 1 atom stereocenters. The smallest absolute Gasteiger partial charge is 0.274 e. The fourth-order valence-corrected chi connectivity index (χ4v) is 2.06. The Kier molecular flexibility index (Phi) is 4.68. The van der Waals surface area contributed by atoms with Crippen molar-refractivity contribution < 1.29 is 9.72 Å². The molecule has 0 aromatic heterocycles. The maximum atomic E-state index is 11.5. The van der Waals surface area contributed by atoms with Crippen LogP contribution in [-0.4, -0.2) is 23.4 Å². The van der Waals surface area contributed by atoms with E-state index in [0.29, 0.717) is 24.6 Å². The van der Waals surface area contributed by atoms with Crippen LogP contribution in [0.15, 0.2) is 24.3 Å². The second-order valence-corrected chi connectivity index (χ2v) is 5.08. The van der Waals surface area contributed by atoms with Crippen molar-refractivity contribution in [1.82, 2.24) is 10.6 Å². The molecule has 108 valence electrons. The minimum atomic E-state index is -0.382. The number of amides is 1. The number of rotatable bonds is 7. The highest BCUT2D eigenvalue weighted by atomic mass is 16.6. The first-order chi connectivity index (χ1) is 9.58. The number of benzene rings is 1. The molecule has 6 nitrogen and oxygen atoms in total. The number of hydrogen-bond donors (Lipinski definition) is 2. The number of para-hydroxylation sites is 1.